The molecule has 3 N–H and O–H groups in total. The van der Waals surface area contributed by atoms with Crippen LogP contribution in [0.2, 0.25) is 0 Å². The molecule has 25 heavy (non-hydrogen) atoms. The van der Waals surface area contributed by atoms with Crippen LogP contribution in [0.15, 0.2) is 48.8 Å². The molecule has 0 spiro atoms. The van der Waals surface area contributed by atoms with E-state index in [0.29, 0.717) is 10.6 Å². The molecule has 1 amide bonds. The molecule has 3 rings (SSSR count). The van der Waals surface area contributed by atoms with E-state index >= 15 is 0 Å². The van der Waals surface area contributed by atoms with Crippen molar-refractivity contribution in [2.45, 2.75) is 6.18 Å². The highest BCUT2D eigenvalue weighted by molar-refractivity contribution is 7.17. The lowest BCUT2D eigenvalue weighted by atomic mass is 10.1. The van der Waals surface area contributed by atoms with Gasteiger partial charge in [0.1, 0.15) is 9.88 Å². The van der Waals surface area contributed by atoms with Gasteiger partial charge in [-0.05, 0) is 24.3 Å². The molecule has 2 heterocycles. The Morgan fingerprint density at radius 1 is 1.16 bits per heavy atom. The Balaban J connectivity index is 2.04. The third-order valence-electron chi connectivity index (χ3n) is 3.24. The number of pyridine rings is 1. The highest BCUT2D eigenvalue weighted by atomic mass is 32.1. The van der Waals surface area contributed by atoms with E-state index in [0.717, 1.165) is 17.4 Å². The van der Waals surface area contributed by atoms with E-state index in [2.05, 4.69) is 15.3 Å². The lowest BCUT2D eigenvalue weighted by Gasteiger charge is -2.13. The summed E-state index contributed by atoms with van der Waals surface area (Å²) < 4.78 is 39.4. The molecule has 0 bridgehead atoms. The van der Waals surface area contributed by atoms with E-state index < -0.39 is 17.6 Å². The van der Waals surface area contributed by atoms with Gasteiger partial charge in [0.25, 0.3) is 5.91 Å². The van der Waals surface area contributed by atoms with Crippen molar-refractivity contribution in [1.82, 2.24) is 9.97 Å². The monoisotopic (exact) mass is 364 g/mol. The van der Waals surface area contributed by atoms with E-state index in [1.54, 1.807) is 18.3 Å². The highest BCUT2D eigenvalue weighted by Crippen LogP contribution is 2.38. The van der Waals surface area contributed by atoms with Crippen molar-refractivity contribution in [2.75, 3.05) is 5.32 Å². The number of primary amides is 1. The second kappa shape index (κ2) is 6.52. The van der Waals surface area contributed by atoms with E-state index in [1.807, 2.05) is 0 Å². The first-order chi connectivity index (χ1) is 11.9. The van der Waals surface area contributed by atoms with Crippen molar-refractivity contribution < 1.29 is 18.0 Å². The number of hydrogen-bond donors (Lipinski definition) is 2. The Hall–Kier alpha value is -2.94. The third kappa shape index (κ3) is 3.61. The summed E-state index contributed by atoms with van der Waals surface area (Å²) in [5.74, 6) is -0.798. The van der Waals surface area contributed by atoms with Gasteiger partial charge in [-0.25, -0.2) is 4.98 Å². The number of amides is 1. The molecular weight excluding hydrogens is 353 g/mol. The van der Waals surface area contributed by atoms with Crippen LogP contribution in [-0.4, -0.2) is 15.9 Å². The van der Waals surface area contributed by atoms with Gasteiger partial charge in [0.15, 0.2) is 5.82 Å². The maximum atomic E-state index is 13.1. The summed E-state index contributed by atoms with van der Waals surface area (Å²) in [5, 5.41) is 3.00. The molecule has 0 saturated heterocycles. The first-order valence-electron chi connectivity index (χ1n) is 7.00. The number of thiazole rings is 1. The van der Waals surface area contributed by atoms with Crippen LogP contribution in [0.4, 0.5) is 24.7 Å². The minimum Gasteiger partial charge on any atom is -0.365 e. The van der Waals surface area contributed by atoms with Crippen molar-refractivity contribution in [3.63, 3.8) is 0 Å². The van der Waals surface area contributed by atoms with Gasteiger partial charge >= 0.3 is 6.18 Å². The van der Waals surface area contributed by atoms with Crippen molar-refractivity contribution in [2.24, 2.45) is 5.73 Å². The number of halogens is 3. The average molecular weight is 364 g/mol. The fourth-order valence-electron chi connectivity index (χ4n) is 2.15. The second-order valence-corrected chi connectivity index (χ2v) is 5.97. The zero-order valence-electron chi connectivity index (χ0n) is 12.5. The molecule has 0 aliphatic rings. The number of rotatable bonds is 4. The fourth-order valence-corrected chi connectivity index (χ4v) is 3.01. The number of alkyl halides is 3. The molecule has 5 nitrogen and oxygen atoms in total. The number of aromatic nitrogens is 2. The predicted octanol–water partition coefficient (Wildman–Crippen LogP) is 4.07. The SMILES string of the molecule is NC(=O)c1sc(-c2cccnc2)nc1Nc1ccccc1C(F)(F)F. The fraction of sp³-hybridized carbons (Fsp3) is 0.0625. The Bertz CT molecular complexity index is 909. The van der Waals surface area contributed by atoms with E-state index in [-0.39, 0.29) is 16.4 Å². The van der Waals surface area contributed by atoms with Gasteiger partial charge in [0.2, 0.25) is 0 Å². The molecule has 0 aliphatic carbocycles. The van der Waals surface area contributed by atoms with Crippen LogP contribution in [0.25, 0.3) is 10.6 Å². The maximum absolute atomic E-state index is 13.1. The number of nitrogens with zero attached hydrogens (tertiary/aromatic N) is 2. The molecule has 0 radical (unpaired) electrons. The van der Waals surface area contributed by atoms with Crippen LogP contribution in [0, 0.1) is 0 Å². The molecule has 0 unspecified atom stereocenters. The number of anilines is 2. The quantitative estimate of drug-likeness (QED) is 0.731. The summed E-state index contributed by atoms with van der Waals surface area (Å²) >= 11 is 0.984. The molecule has 0 atom stereocenters. The van der Waals surface area contributed by atoms with Gasteiger partial charge in [0, 0.05) is 18.0 Å². The molecule has 2 aromatic heterocycles. The minimum atomic E-state index is -4.54. The Labute approximate surface area is 144 Å². The number of nitrogens with two attached hydrogens (primary N) is 1. The molecule has 128 valence electrons. The summed E-state index contributed by atoms with van der Waals surface area (Å²) in [6.07, 6.45) is -1.43. The second-order valence-electron chi connectivity index (χ2n) is 4.97. The normalized spacial score (nSPS) is 11.3. The number of carbonyl (C=O) groups is 1. The first-order valence-corrected chi connectivity index (χ1v) is 7.82. The van der Waals surface area contributed by atoms with Gasteiger partial charge < -0.3 is 11.1 Å². The Kier molecular flexibility index (Phi) is 4.41. The largest absolute Gasteiger partial charge is 0.418 e. The van der Waals surface area contributed by atoms with E-state index in [1.165, 1.54) is 24.4 Å². The summed E-state index contributed by atoms with van der Waals surface area (Å²) in [6, 6.07) is 8.36. The van der Waals surface area contributed by atoms with Crippen LogP contribution in [0.3, 0.4) is 0 Å². The van der Waals surface area contributed by atoms with Crippen LogP contribution in [0.1, 0.15) is 15.2 Å². The van der Waals surface area contributed by atoms with Crippen LogP contribution >= 0.6 is 11.3 Å². The minimum absolute atomic E-state index is 0.0203. The van der Waals surface area contributed by atoms with Crippen molar-refractivity contribution in [3.05, 3.63) is 59.2 Å². The van der Waals surface area contributed by atoms with Gasteiger partial charge in [-0.2, -0.15) is 13.2 Å². The first kappa shape index (κ1) is 16.9. The van der Waals surface area contributed by atoms with Crippen molar-refractivity contribution >= 4 is 28.7 Å². The molecule has 0 fully saturated rings. The predicted molar refractivity (Wildman–Crippen MR) is 88.6 cm³/mol. The van der Waals surface area contributed by atoms with Gasteiger partial charge in [-0.15, -0.1) is 11.3 Å². The van der Waals surface area contributed by atoms with Crippen molar-refractivity contribution in [3.8, 4) is 10.6 Å². The summed E-state index contributed by atoms with van der Waals surface area (Å²) in [7, 11) is 0. The number of para-hydroxylation sites is 1. The molecular formula is C16H11F3N4OS. The molecule has 1 aromatic carbocycles. The molecule has 0 saturated carbocycles. The number of nitrogens with one attached hydrogen (secondary N) is 1. The lowest BCUT2D eigenvalue weighted by molar-refractivity contribution is -0.136. The molecule has 9 heteroatoms. The van der Waals surface area contributed by atoms with E-state index in [4.69, 9.17) is 5.73 Å². The average Bonchev–Trinajstić information content (AvgIpc) is 2.99. The number of benzene rings is 1. The van der Waals surface area contributed by atoms with Crippen LogP contribution < -0.4 is 11.1 Å². The smallest absolute Gasteiger partial charge is 0.365 e. The number of carbonyl (C=O) groups excluding carboxylic acids is 1. The van der Waals surface area contributed by atoms with Crippen LogP contribution in [-0.2, 0) is 6.18 Å². The van der Waals surface area contributed by atoms with Gasteiger partial charge in [-0.1, -0.05) is 12.1 Å². The lowest BCUT2D eigenvalue weighted by Crippen LogP contribution is -2.13. The van der Waals surface area contributed by atoms with Crippen molar-refractivity contribution in [1.29, 1.82) is 0 Å². The Morgan fingerprint density at radius 3 is 2.56 bits per heavy atom. The summed E-state index contributed by atoms with van der Waals surface area (Å²) in [4.78, 5) is 19.9. The molecule has 3 aromatic rings. The van der Waals surface area contributed by atoms with E-state index in [9.17, 15) is 18.0 Å². The summed E-state index contributed by atoms with van der Waals surface area (Å²) in [6.45, 7) is 0. The Morgan fingerprint density at radius 2 is 1.92 bits per heavy atom. The molecule has 0 aliphatic heterocycles. The maximum Gasteiger partial charge on any atom is 0.418 e. The van der Waals surface area contributed by atoms with Gasteiger partial charge in [0.05, 0.1) is 11.3 Å². The third-order valence-corrected chi connectivity index (χ3v) is 4.36. The number of hydrogen-bond acceptors (Lipinski definition) is 5. The zero-order valence-corrected chi connectivity index (χ0v) is 13.4. The van der Waals surface area contributed by atoms with Gasteiger partial charge in [-0.3, -0.25) is 9.78 Å². The zero-order chi connectivity index (χ0) is 18.0. The topological polar surface area (TPSA) is 80.9 Å². The summed E-state index contributed by atoms with van der Waals surface area (Å²) in [5.41, 5.74) is 4.90. The highest BCUT2D eigenvalue weighted by Gasteiger charge is 2.33. The standard InChI is InChI=1S/C16H11F3N4OS/c17-16(18,19)10-5-1-2-6-11(10)22-14-12(13(20)24)25-15(23-14)9-4-3-7-21-8-9/h1-8,22H,(H2,20,24). The van der Waals surface area contributed by atoms with Crippen LogP contribution in [0.5, 0.6) is 0 Å².